The lowest BCUT2D eigenvalue weighted by Crippen LogP contribution is -2.48. The average molecular weight is 441 g/mol. The minimum atomic E-state index is -0.790. The molecule has 0 spiro atoms. The van der Waals surface area contributed by atoms with Crippen LogP contribution < -0.4 is 29.7 Å². The van der Waals surface area contributed by atoms with Gasteiger partial charge in [0.05, 0.1) is 19.9 Å². The van der Waals surface area contributed by atoms with Crippen molar-refractivity contribution in [2.45, 2.75) is 26.8 Å². The van der Waals surface area contributed by atoms with E-state index in [1.54, 1.807) is 43.5 Å². The van der Waals surface area contributed by atoms with E-state index >= 15 is 0 Å². The number of amides is 2. The Labute approximate surface area is 186 Å². The lowest BCUT2D eigenvalue weighted by atomic mass is 10.0. The zero-order valence-electron chi connectivity index (χ0n) is 18.5. The van der Waals surface area contributed by atoms with Crippen LogP contribution >= 0.6 is 0 Å². The Morgan fingerprint density at radius 1 is 1.19 bits per heavy atom. The highest BCUT2D eigenvalue weighted by molar-refractivity contribution is 5.98. The summed E-state index contributed by atoms with van der Waals surface area (Å²) >= 11 is 0. The summed E-state index contributed by atoms with van der Waals surface area (Å²) in [6, 6.07) is 9.45. The third-order valence-electron chi connectivity index (χ3n) is 4.77. The molecule has 2 aromatic rings. The molecular weight excluding hydrogens is 414 g/mol. The molecule has 0 bridgehead atoms. The number of hydrogen-bond donors (Lipinski definition) is 2. The van der Waals surface area contributed by atoms with Crippen LogP contribution in [-0.2, 0) is 4.79 Å². The Bertz CT molecular complexity index is 1010. The first-order valence-electron chi connectivity index (χ1n) is 10.3. The van der Waals surface area contributed by atoms with Crippen molar-refractivity contribution < 1.29 is 28.5 Å². The molecule has 0 saturated carbocycles. The van der Waals surface area contributed by atoms with E-state index in [-0.39, 0.29) is 12.7 Å². The molecule has 1 aliphatic rings. The number of benzene rings is 2. The van der Waals surface area contributed by atoms with Gasteiger partial charge >= 0.3 is 0 Å². The number of carbonyl (C=O) groups is 2. The molecule has 1 atom stereocenters. The molecule has 9 heteroatoms. The van der Waals surface area contributed by atoms with E-state index in [4.69, 9.17) is 18.9 Å². The Kier molecular flexibility index (Phi) is 7.54. The second kappa shape index (κ2) is 10.5. The summed E-state index contributed by atoms with van der Waals surface area (Å²) in [5, 5.41) is 6.80. The summed E-state index contributed by atoms with van der Waals surface area (Å²) in [6.07, 6.45) is 1.47. The van der Waals surface area contributed by atoms with Gasteiger partial charge in [0.15, 0.2) is 23.0 Å². The van der Waals surface area contributed by atoms with Gasteiger partial charge in [-0.3, -0.25) is 9.59 Å². The maximum atomic E-state index is 12.7. The molecule has 2 aromatic carbocycles. The number of nitrogens with one attached hydrogen (secondary N) is 2. The summed E-state index contributed by atoms with van der Waals surface area (Å²) in [7, 11) is 1.55. The van der Waals surface area contributed by atoms with Crippen LogP contribution in [0.3, 0.4) is 0 Å². The predicted molar refractivity (Wildman–Crippen MR) is 119 cm³/mol. The highest BCUT2D eigenvalue weighted by Gasteiger charge is 2.25. The third kappa shape index (κ3) is 5.29. The lowest BCUT2D eigenvalue weighted by Gasteiger charge is -2.20. The van der Waals surface area contributed by atoms with Crippen molar-refractivity contribution in [3.63, 3.8) is 0 Å². The molecule has 1 unspecified atom stereocenters. The molecule has 1 heterocycles. The van der Waals surface area contributed by atoms with Crippen LogP contribution in [0.2, 0.25) is 0 Å². The normalized spacial score (nSPS) is 13.2. The molecule has 2 N–H and O–H groups in total. The van der Waals surface area contributed by atoms with Gasteiger partial charge in [0.25, 0.3) is 11.8 Å². The van der Waals surface area contributed by atoms with Gasteiger partial charge in [0.1, 0.15) is 6.04 Å². The predicted octanol–water partition coefficient (Wildman–Crippen LogP) is 2.73. The maximum Gasteiger partial charge on any atom is 0.262 e. The first-order chi connectivity index (χ1) is 15.4. The highest BCUT2D eigenvalue weighted by Crippen LogP contribution is 2.32. The van der Waals surface area contributed by atoms with Crippen molar-refractivity contribution in [1.82, 2.24) is 10.7 Å². The summed E-state index contributed by atoms with van der Waals surface area (Å²) in [5.41, 5.74) is 3.51. The van der Waals surface area contributed by atoms with Crippen LogP contribution in [0.5, 0.6) is 23.0 Å². The topological polar surface area (TPSA) is 107 Å². The van der Waals surface area contributed by atoms with Gasteiger partial charge in [-0.2, -0.15) is 5.10 Å². The fourth-order valence-electron chi connectivity index (χ4n) is 3.13. The van der Waals surface area contributed by atoms with Crippen molar-refractivity contribution in [1.29, 1.82) is 0 Å². The van der Waals surface area contributed by atoms with Crippen molar-refractivity contribution in [2.75, 3.05) is 20.5 Å². The van der Waals surface area contributed by atoms with E-state index in [1.807, 2.05) is 20.8 Å². The maximum absolute atomic E-state index is 12.7. The minimum absolute atomic E-state index is 0.119. The Morgan fingerprint density at radius 2 is 1.97 bits per heavy atom. The first-order valence-corrected chi connectivity index (χ1v) is 10.3. The molecule has 170 valence electrons. The molecule has 0 saturated heterocycles. The molecule has 0 aliphatic carbocycles. The zero-order chi connectivity index (χ0) is 23.1. The zero-order valence-corrected chi connectivity index (χ0v) is 18.5. The van der Waals surface area contributed by atoms with E-state index in [1.165, 1.54) is 6.21 Å². The highest BCUT2D eigenvalue weighted by atomic mass is 16.7. The van der Waals surface area contributed by atoms with E-state index in [9.17, 15) is 9.59 Å². The molecular formula is C23H27N3O6. The van der Waals surface area contributed by atoms with Gasteiger partial charge in [-0.05, 0) is 43.2 Å². The first kappa shape index (κ1) is 22.9. The largest absolute Gasteiger partial charge is 0.493 e. The van der Waals surface area contributed by atoms with Crippen molar-refractivity contribution in [3.8, 4) is 23.0 Å². The van der Waals surface area contributed by atoms with Crippen LogP contribution in [0.25, 0.3) is 0 Å². The monoisotopic (exact) mass is 441 g/mol. The van der Waals surface area contributed by atoms with Crippen molar-refractivity contribution in [2.24, 2.45) is 11.0 Å². The Hall–Kier alpha value is -3.75. The van der Waals surface area contributed by atoms with E-state index < -0.39 is 17.9 Å². The standard InChI is InChI=1S/C23H27N3O6/c1-5-30-21-16(7-6-8-18(21)29-4)12-24-26-23(28)20(14(2)3)25-22(27)15-9-10-17-19(11-15)32-13-31-17/h6-12,14,20H,5,13H2,1-4H3,(H,25,27)(H,26,28)/b24-12+. The van der Waals surface area contributed by atoms with Gasteiger partial charge in [-0.1, -0.05) is 19.9 Å². The van der Waals surface area contributed by atoms with Crippen molar-refractivity contribution in [3.05, 3.63) is 47.5 Å². The molecule has 32 heavy (non-hydrogen) atoms. The van der Waals surface area contributed by atoms with Crippen LogP contribution in [0.4, 0.5) is 0 Å². The number of hydrazone groups is 1. The van der Waals surface area contributed by atoms with Crippen LogP contribution in [0.1, 0.15) is 36.7 Å². The van der Waals surface area contributed by atoms with Crippen LogP contribution in [0.15, 0.2) is 41.5 Å². The Balaban J connectivity index is 1.67. The summed E-state index contributed by atoms with van der Waals surface area (Å²) in [5.74, 6) is 1.18. The number of nitrogens with zero attached hydrogens (tertiary/aromatic N) is 1. The third-order valence-corrected chi connectivity index (χ3v) is 4.77. The second-order valence-corrected chi connectivity index (χ2v) is 7.31. The summed E-state index contributed by atoms with van der Waals surface area (Å²) < 4.78 is 21.5. The van der Waals surface area contributed by atoms with Crippen molar-refractivity contribution >= 4 is 18.0 Å². The number of fused-ring (bicyclic) bond motifs is 1. The van der Waals surface area contributed by atoms with E-state index in [2.05, 4.69) is 15.8 Å². The fraction of sp³-hybridized carbons (Fsp3) is 0.348. The van der Waals surface area contributed by atoms with Gasteiger partial charge in [0.2, 0.25) is 6.79 Å². The van der Waals surface area contributed by atoms with Gasteiger partial charge in [0, 0.05) is 11.1 Å². The molecule has 3 rings (SSSR count). The fourth-order valence-corrected chi connectivity index (χ4v) is 3.13. The average Bonchev–Trinajstić information content (AvgIpc) is 3.26. The molecule has 0 aromatic heterocycles. The van der Waals surface area contributed by atoms with Gasteiger partial charge in [-0.25, -0.2) is 5.43 Å². The molecule has 0 fully saturated rings. The number of para-hydroxylation sites is 1. The SMILES string of the molecule is CCOc1c(/C=N/NC(=O)C(NC(=O)c2ccc3c(c2)OCO3)C(C)C)cccc1OC. The second-order valence-electron chi connectivity index (χ2n) is 7.31. The number of ether oxygens (including phenoxy) is 4. The summed E-state index contributed by atoms with van der Waals surface area (Å²) in [4.78, 5) is 25.4. The molecule has 1 aliphatic heterocycles. The van der Waals surface area contributed by atoms with Gasteiger partial charge < -0.3 is 24.3 Å². The smallest absolute Gasteiger partial charge is 0.262 e. The quantitative estimate of drug-likeness (QED) is 0.458. The number of carbonyl (C=O) groups excluding carboxylic acids is 2. The van der Waals surface area contributed by atoms with E-state index in [0.717, 1.165) is 0 Å². The molecule has 9 nitrogen and oxygen atoms in total. The van der Waals surface area contributed by atoms with Crippen LogP contribution in [0, 0.1) is 5.92 Å². The molecule has 0 radical (unpaired) electrons. The Morgan fingerprint density at radius 3 is 2.69 bits per heavy atom. The van der Waals surface area contributed by atoms with Crippen LogP contribution in [-0.4, -0.2) is 44.6 Å². The lowest BCUT2D eigenvalue weighted by molar-refractivity contribution is -0.123. The number of hydrogen-bond acceptors (Lipinski definition) is 7. The number of methoxy groups -OCH3 is 1. The van der Waals surface area contributed by atoms with E-state index in [0.29, 0.717) is 40.7 Å². The minimum Gasteiger partial charge on any atom is -0.493 e. The van der Waals surface area contributed by atoms with Gasteiger partial charge in [-0.15, -0.1) is 0 Å². The summed E-state index contributed by atoms with van der Waals surface area (Å²) in [6.45, 7) is 6.11. The molecule has 2 amide bonds. The number of rotatable bonds is 9.